The Morgan fingerprint density at radius 2 is 1.52 bits per heavy atom. The molecule has 0 aromatic heterocycles. The van der Waals surface area contributed by atoms with Crippen LogP contribution in [0.2, 0.25) is 0 Å². The third-order valence-corrected chi connectivity index (χ3v) is 3.42. The number of hydrogen-bond donors (Lipinski definition) is 2. The molecule has 0 aliphatic heterocycles. The maximum absolute atomic E-state index is 12.0. The van der Waals surface area contributed by atoms with Crippen LogP contribution >= 0.6 is 15.9 Å². The molecule has 0 fully saturated rings. The second-order valence-electron chi connectivity index (χ2n) is 4.45. The molecular formula is C16H13BrN2O4. The molecule has 0 atom stereocenters. The van der Waals surface area contributed by atoms with E-state index in [0.29, 0.717) is 5.69 Å². The summed E-state index contributed by atoms with van der Waals surface area (Å²) in [5.41, 5.74) is 0.852. The molecule has 2 aromatic carbocycles. The molecule has 2 aromatic rings. The van der Waals surface area contributed by atoms with Crippen LogP contribution in [0.15, 0.2) is 53.0 Å². The van der Waals surface area contributed by atoms with Gasteiger partial charge in [0.2, 0.25) is 0 Å². The van der Waals surface area contributed by atoms with Gasteiger partial charge in [-0.15, -0.1) is 0 Å². The van der Waals surface area contributed by atoms with Crippen molar-refractivity contribution in [1.29, 1.82) is 0 Å². The number of carbonyl (C=O) groups excluding carboxylic acids is 3. The summed E-state index contributed by atoms with van der Waals surface area (Å²) in [6, 6.07) is 13.0. The van der Waals surface area contributed by atoms with Crippen molar-refractivity contribution in [3.8, 4) is 0 Å². The lowest BCUT2D eigenvalue weighted by atomic mass is 10.2. The third kappa shape index (κ3) is 4.40. The van der Waals surface area contributed by atoms with Crippen molar-refractivity contribution in [3.05, 3.63) is 58.6 Å². The molecule has 2 rings (SSSR count). The number of benzene rings is 2. The van der Waals surface area contributed by atoms with Crippen LogP contribution in [0, 0.1) is 0 Å². The molecule has 0 saturated carbocycles. The van der Waals surface area contributed by atoms with Gasteiger partial charge < -0.3 is 15.4 Å². The second-order valence-corrected chi connectivity index (χ2v) is 5.37. The molecule has 2 amide bonds. The summed E-state index contributed by atoms with van der Waals surface area (Å²) in [5.74, 6) is -2.33. The van der Waals surface area contributed by atoms with Crippen molar-refractivity contribution in [2.75, 3.05) is 17.7 Å². The lowest BCUT2D eigenvalue weighted by Crippen LogP contribution is -2.29. The average Bonchev–Trinajstić information content (AvgIpc) is 2.56. The molecule has 118 valence electrons. The molecule has 7 heteroatoms. The molecule has 0 aliphatic rings. The van der Waals surface area contributed by atoms with E-state index in [4.69, 9.17) is 0 Å². The van der Waals surface area contributed by atoms with Crippen LogP contribution in [0.3, 0.4) is 0 Å². The molecule has 23 heavy (non-hydrogen) atoms. The van der Waals surface area contributed by atoms with Gasteiger partial charge in [-0.1, -0.05) is 28.1 Å². The summed E-state index contributed by atoms with van der Waals surface area (Å²) in [5, 5.41) is 4.86. The number of anilines is 2. The first-order valence-corrected chi connectivity index (χ1v) is 7.36. The Morgan fingerprint density at radius 3 is 2.17 bits per heavy atom. The lowest BCUT2D eigenvalue weighted by molar-refractivity contribution is -0.133. The zero-order valence-electron chi connectivity index (χ0n) is 12.1. The summed E-state index contributed by atoms with van der Waals surface area (Å²) < 4.78 is 5.48. The number of methoxy groups -OCH3 is 1. The number of esters is 1. The molecule has 0 unspecified atom stereocenters. The van der Waals surface area contributed by atoms with Gasteiger partial charge in [-0.25, -0.2) is 4.79 Å². The van der Waals surface area contributed by atoms with Crippen molar-refractivity contribution >= 4 is 45.1 Å². The zero-order chi connectivity index (χ0) is 16.8. The van der Waals surface area contributed by atoms with Gasteiger partial charge in [-0.3, -0.25) is 9.59 Å². The Bertz CT molecular complexity index is 744. The van der Waals surface area contributed by atoms with Crippen molar-refractivity contribution in [2.24, 2.45) is 0 Å². The lowest BCUT2D eigenvalue weighted by Gasteiger charge is -2.09. The Balaban J connectivity index is 2.08. The minimum atomic E-state index is -0.885. The Morgan fingerprint density at radius 1 is 0.913 bits per heavy atom. The van der Waals surface area contributed by atoms with E-state index >= 15 is 0 Å². The van der Waals surface area contributed by atoms with E-state index in [-0.39, 0.29) is 11.3 Å². The Kier molecular flexibility index (Phi) is 5.48. The number of nitrogens with one attached hydrogen (secondary N) is 2. The predicted molar refractivity (Wildman–Crippen MR) is 89.2 cm³/mol. The van der Waals surface area contributed by atoms with Gasteiger partial charge >= 0.3 is 17.8 Å². The van der Waals surface area contributed by atoms with Crippen LogP contribution in [0.25, 0.3) is 0 Å². The molecule has 0 radical (unpaired) electrons. The number of ether oxygens (including phenoxy) is 1. The molecule has 6 nitrogen and oxygen atoms in total. The molecule has 0 spiro atoms. The van der Waals surface area contributed by atoms with Gasteiger partial charge in [0, 0.05) is 10.2 Å². The standard InChI is InChI=1S/C16H13BrN2O4/c1-23-16(22)12-4-2-3-5-13(12)19-15(21)14(20)18-11-8-6-10(17)7-9-11/h2-9H,1H3,(H,18,20)(H,19,21). The minimum Gasteiger partial charge on any atom is -0.465 e. The quantitative estimate of drug-likeness (QED) is 0.637. The zero-order valence-corrected chi connectivity index (χ0v) is 13.7. The van der Waals surface area contributed by atoms with E-state index in [9.17, 15) is 14.4 Å². The first-order chi connectivity index (χ1) is 11.0. The number of carbonyl (C=O) groups is 3. The van der Waals surface area contributed by atoms with Gasteiger partial charge in [0.05, 0.1) is 18.4 Å². The summed E-state index contributed by atoms with van der Waals surface area (Å²) in [7, 11) is 1.24. The first kappa shape index (κ1) is 16.7. The van der Waals surface area contributed by atoms with Crippen LogP contribution in [-0.4, -0.2) is 24.9 Å². The van der Waals surface area contributed by atoms with E-state index in [1.54, 1.807) is 36.4 Å². The van der Waals surface area contributed by atoms with Crippen molar-refractivity contribution in [1.82, 2.24) is 0 Å². The molecule has 0 bridgehead atoms. The highest BCUT2D eigenvalue weighted by Crippen LogP contribution is 2.17. The fraction of sp³-hybridized carbons (Fsp3) is 0.0625. The van der Waals surface area contributed by atoms with E-state index in [0.717, 1.165) is 4.47 Å². The molecule has 0 aliphatic carbocycles. The predicted octanol–water partition coefficient (Wildman–Crippen LogP) is 2.81. The van der Waals surface area contributed by atoms with Crippen molar-refractivity contribution in [3.63, 3.8) is 0 Å². The van der Waals surface area contributed by atoms with Gasteiger partial charge in [-0.05, 0) is 36.4 Å². The largest absolute Gasteiger partial charge is 0.465 e. The summed E-state index contributed by atoms with van der Waals surface area (Å²) in [6.07, 6.45) is 0. The average molecular weight is 377 g/mol. The molecule has 0 saturated heterocycles. The number of rotatable bonds is 3. The first-order valence-electron chi connectivity index (χ1n) is 6.56. The highest BCUT2D eigenvalue weighted by molar-refractivity contribution is 9.10. The van der Waals surface area contributed by atoms with Crippen molar-refractivity contribution in [2.45, 2.75) is 0 Å². The van der Waals surface area contributed by atoms with Crippen LogP contribution in [0.1, 0.15) is 10.4 Å². The van der Waals surface area contributed by atoms with Crippen LogP contribution < -0.4 is 10.6 Å². The molecular weight excluding hydrogens is 364 g/mol. The third-order valence-electron chi connectivity index (χ3n) is 2.89. The van der Waals surface area contributed by atoms with E-state index in [2.05, 4.69) is 31.3 Å². The topological polar surface area (TPSA) is 84.5 Å². The minimum absolute atomic E-state index is 0.166. The highest BCUT2D eigenvalue weighted by atomic mass is 79.9. The van der Waals surface area contributed by atoms with E-state index < -0.39 is 17.8 Å². The number of hydrogen-bond acceptors (Lipinski definition) is 4. The maximum atomic E-state index is 12.0. The monoisotopic (exact) mass is 376 g/mol. The summed E-state index contributed by atoms with van der Waals surface area (Å²) in [6.45, 7) is 0. The molecule has 2 N–H and O–H groups in total. The summed E-state index contributed by atoms with van der Waals surface area (Å²) in [4.78, 5) is 35.5. The highest BCUT2D eigenvalue weighted by Gasteiger charge is 2.18. The smallest absolute Gasteiger partial charge is 0.339 e. The SMILES string of the molecule is COC(=O)c1ccccc1NC(=O)C(=O)Nc1ccc(Br)cc1. The Labute approximate surface area is 141 Å². The Hall–Kier alpha value is -2.67. The van der Waals surface area contributed by atoms with E-state index in [1.807, 2.05) is 0 Å². The summed E-state index contributed by atoms with van der Waals surface area (Å²) >= 11 is 3.28. The second kappa shape index (κ2) is 7.55. The number of amides is 2. The van der Waals surface area contributed by atoms with Crippen LogP contribution in [0.5, 0.6) is 0 Å². The normalized spacial score (nSPS) is 9.83. The van der Waals surface area contributed by atoms with Gasteiger partial charge in [0.1, 0.15) is 0 Å². The van der Waals surface area contributed by atoms with Gasteiger partial charge in [-0.2, -0.15) is 0 Å². The van der Waals surface area contributed by atoms with Gasteiger partial charge in [0.15, 0.2) is 0 Å². The molecule has 0 heterocycles. The fourth-order valence-electron chi connectivity index (χ4n) is 1.78. The number of para-hydroxylation sites is 1. The fourth-order valence-corrected chi connectivity index (χ4v) is 2.04. The van der Waals surface area contributed by atoms with Crippen molar-refractivity contribution < 1.29 is 19.1 Å². The maximum Gasteiger partial charge on any atom is 0.339 e. The van der Waals surface area contributed by atoms with E-state index in [1.165, 1.54) is 19.2 Å². The van der Waals surface area contributed by atoms with Crippen LogP contribution in [0.4, 0.5) is 11.4 Å². The van der Waals surface area contributed by atoms with Crippen LogP contribution in [-0.2, 0) is 14.3 Å². The van der Waals surface area contributed by atoms with Gasteiger partial charge in [0.25, 0.3) is 0 Å². The number of halogens is 1.